The number of pyridine rings is 1. The lowest BCUT2D eigenvalue weighted by Crippen LogP contribution is -2.25. The summed E-state index contributed by atoms with van der Waals surface area (Å²) in [5.74, 6) is -0.290. The maximum atomic E-state index is 11.9. The quantitative estimate of drug-likeness (QED) is 0.562. The molecule has 0 aliphatic heterocycles. The molecule has 130 valence electrons. The number of carbonyl (C=O) groups is 2. The predicted molar refractivity (Wildman–Crippen MR) is 95.5 cm³/mol. The molecule has 3 aromatic rings. The van der Waals surface area contributed by atoms with Gasteiger partial charge in [0.2, 0.25) is 5.91 Å². The van der Waals surface area contributed by atoms with Crippen LogP contribution in [0.3, 0.4) is 0 Å². The summed E-state index contributed by atoms with van der Waals surface area (Å²) in [6.45, 7) is 0.0475. The van der Waals surface area contributed by atoms with E-state index in [9.17, 15) is 9.59 Å². The van der Waals surface area contributed by atoms with Gasteiger partial charge in [-0.2, -0.15) is 5.26 Å². The second-order valence-corrected chi connectivity index (χ2v) is 5.55. The maximum absolute atomic E-state index is 11.9. The van der Waals surface area contributed by atoms with Gasteiger partial charge in [0.05, 0.1) is 5.56 Å². The number of hydrogen-bond donors (Lipinski definition) is 4. The molecule has 2 amide bonds. The van der Waals surface area contributed by atoms with Crippen molar-refractivity contribution in [1.82, 2.24) is 15.3 Å². The lowest BCUT2D eigenvalue weighted by Gasteiger charge is -2.08. The summed E-state index contributed by atoms with van der Waals surface area (Å²) in [4.78, 5) is 29.5. The largest absolute Gasteiger partial charge is 0.465 e. The van der Waals surface area contributed by atoms with Crippen molar-refractivity contribution in [3.63, 3.8) is 0 Å². The number of nitrogens with zero attached hydrogens (tertiary/aromatic N) is 2. The number of nitrogens with one attached hydrogen (secondary N) is 3. The van der Waals surface area contributed by atoms with Crippen molar-refractivity contribution in [1.29, 1.82) is 5.26 Å². The smallest absolute Gasteiger partial charge is 0.404 e. The highest BCUT2D eigenvalue weighted by Gasteiger charge is 2.08. The highest BCUT2D eigenvalue weighted by atomic mass is 16.4. The van der Waals surface area contributed by atoms with Gasteiger partial charge in [0, 0.05) is 42.0 Å². The number of hydrogen-bond acceptors (Lipinski definition) is 4. The van der Waals surface area contributed by atoms with Crippen molar-refractivity contribution in [2.45, 2.75) is 6.42 Å². The van der Waals surface area contributed by atoms with Gasteiger partial charge in [0.15, 0.2) is 0 Å². The fourth-order valence-corrected chi connectivity index (χ4v) is 2.54. The molecule has 26 heavy (non-hydrogen) atoms. The summed E-state index contributed by atoms with van der Waals surface area (Å²) in [6.07, 6.45) is 2.18. The first-order valence-corrected chi connectivity index (χ1v) is 7.81. The average Bonchev–Trinajstić information content (AvgIpc) is 3.04. The molecule has 0 radical (unpaired) electrons. The van der Waals surface area contributed by atoms with Crippen LogP contribution < -0.4 is 10.6 Å². The Bertz CT molecular complexity index is 1020. The standard InChI is InChI=1S/C18H15N5O3/c19-8-13-10-22-17-15(13)7-12(9-21-17)11-2-1-3-14(6-11)23-16(24)4-5-20-18(25)26/h1-3,6-7,9-10,20H,4-5H2,(H,21,22)(H,23,24)(H,25,26). The number of aromatic amines is 1. The Morgan fingerprint density at radius 1 is 1.27 bits per heavy atom. The number of fused-ring (bicyclic) bond motifs is 1. The number of carboxylic acid groups (broad SMARTS) is 1. The van der Waals surface area contributed by atoms with Crippen LogP contribution in [0.2, 0.25) is 0 Å². The lowest BCUT2D eigenvalue weighted by molar-refractivity contribution is -0.116. The summed E-state index contributed by atoms with van der Waals surface area (Å²) >= 11 is 0. The van der Waals surface area contributed by atoms with Crippen LogP contribution >= 0.6 is 0 Å². The zero-order valence-corrected chi connectivity index (χ0v) is 13.6. The van der Waals surface area contributed by atoms with E-state index in [1.54, 1.807) is 30.6 Å². The molecule has 0 bridgehead atoms. The number of carbonyl (C=O) groups excluding carboxylic acids is 1. The molecule has 4 N–H and O–H groups in total. The predicted octanol–water partition coefficient (Wildman–Crippen LogP) is 2.70. The van der Waals surface area contributed by atoms with Crippen molar-refractivity contribution < 1.29 is 14.7 Å². The number of anilines is 1. The molecule has 8 heteroatoms. The van der Waals surface area contributed by atoms with E-state index in [0.29, 0.717) is 16.9 Å². The van der Waals surface area contributed by atoms with Gasteiger partial charge in [-0.25, -0.2) is 9.78 Å². The third kappa shape index (κ3) is 3.79. The molecular formula is C18H15N5O3. The van der Waals surface area contributed by atoms with E-state index in [2.05, 4.69) is 26.7 Å². The zero-order chi connectivity index (χ0) is 18.5. The second-order valence-electron chi connectivity index (χ2n) is 5.55. The van der Waals surface area contributed by atoms with E-state index >= 15 is 0 Å². The molecular weight excluding hydrogens is 334 g/mol. The van der Waals surface area contributed by atoms with Crippen LogP contribution in [-0.4, -0.2) is 33.6 Å². The van der Waals surface area contributed by atoms with Gasteiger partial charge in [-0.15, -0.1) is 0 Å². The molecule has 0 unspecified atom stereocenters. The molecule has 1 aromatic carbocycles. The van der Waals surface area contributed by atoms with Crippen LogP contribution in [0.5, 0.6) is 0 Å². The number of rotatable bonds is 5. The average molecular weight is 349 g/mol. The van der Waals surface area contributed by atoms with Gasteiger partial charge >= 0.3 is 6.09 Å². The molecule has 0 aliphatic carbocycles. The van der Waals surface area contributed by atoms with Gasteiger partial charge < -0.3 is 20.7 Å². The minimum Gasteiger partial charge on any atom is -0.465 e. The van der Waals surface area contributed by atoms with Crippen LogP contribution in [0.4, 0.5) is 10.5 Å². The summed E-state index contributed by atoms with van der Waals surface area (Å²) in [5, 5.41) is 23.3. The zero-order valence-electron chi connectivity index (χ0n) is 13.6. The van der Waals surface area contributed by atoms with Crippen LogP contribution in [0.25, 0.3) is 22.2 Å². The SMILES string of the molecule is N#Cc1c[nH]c2ncc(-c3cccc(NC(=O)CCNC(=O)O)c3)cc12. The highest BCUT2D eigenvalue weighted by molar-refractivity contribution is 5.92. The summed E-state index contributed by atoms with van der Waals surface area (Å²) in [5.41, 5.74) is 3.41. The number of aromatic nitrogens is 2. The van der Waals surface area contributed by atoms with E-state index in [1.807, 2.05) is 12.1 Å². The molecule has 3 rings (SSSR count). The van der Waals surface area contributed by atoms with Gasteiger partial charge in [-0.1, -0.05) is 12.1 Å². The molecule has 2 heterocycles. The Kier molecular flexibility index (Phi) is 4.80. The fourth-order valence-electron chi connectivity index (χ4n) is 2.54. The van der Waals surface area contributed by atoms with Crippen molar-refractivity contribution >= 4 is 28.7 Å². The number of benzene rings is 1. The van der Waals surface area contributed by atoms with E-state index in [-0.39, 0.29) is 18.9 Å². The van der Waals surface area contributed by atoms with Crippen LogP contribution in [0, 0.1) is 11.3 Å². The molecule has 0 spiro atoms. The molecule has 0 fully saturated rings. The summed E-state index contributed by atoms with van der Waals surface area (Å²) in [6, 6.07) is 11.2. The van der Waals surface area contributed by atoms with Gasteiger partial charge in [0.1, 0.15) is 11.7 Å². The first-order valence-electron chi connectivity index (χ1n) is 7.81. The lowest BCUT2D eigenvalue weighted by atomic mass is 10.1. The third-order valence-electron chi connectivity index (χ3n) is 3.76. The normalized spacial score (nSPS) is 10.3. The summed E-state index contributed by atoms with van der Waals surface area (Å²) < 4.78 is 0. The Balaban J connectivity index is 1.78. The van der Waals surface area contributed by atoms with Crippen LogP contribution in [-0.2, 0) is 4.79 Å². The first-order chi connectivity index (χ1) is 12.6. The molecule has 2 aromatic heterocycles. The van der Waals surface area contributed by atoms with E-state index in [0.717, 1.165) is 16.5 Å². The molecule has 0 aliphatic rings. The monoisotopic (exact) mass is 349 g/mol. The van der Waals surface area contributed by atoms with Crippen LogP contribution in [0.1, 0.15) is 12.0 Å². The van der Waals surface area contributed by atoms with E-state index < -0.39 is 6.09 Å². The molecule has 0 saturated heterocycles. The topological polar surface area (TPSA) is 131 Å². The fraction of sp³-hybridized carbons (Fsp3) is 0.111. The minimum absolute atomic E-state index is 0.0406. The number of nitriles is 1. The van der Waals surface area contributed by atoms with Gasteiger partial charge in [-0.3, -0.25) is 4.79 Å². The Labute approximate surface area is 148 Å². The van der Waals surface area contributed by atoms with Crippen molar-refractivity contribution in [3.05, 3.63) is 48.3 Å². The maximum Gasteiger partial charge on any atom is 0.404 e. The van der Waals surface area contributed by atoms with Crippen molar-refractivity contribution in [2.24, 2.45) is 0 Å². The van der Waals surface area contributed by atoms with Gasteiger partial charge in [-0.05, 0) is 23.8 Å². The molecule has 8 nitrogen and oxygen atoms in total. The number of H-pyrrole nitrogens is 1. The molecule has 0 saturated carbocycles. The number of amides is 2. The summed E-state index contributed by atoms with van der Waals surface area (Å²) in [7, 11) is 0. The Morgan fingerprint density at radius 3 is 2.88 bits per heavy atom. The Hall–Kier alpha value is -3.86. The second kappa shape index (κ2) is 7.36. The Morgan fingerprint density at radius 2 is 2.12 bits per heavy atom. The van der Waals surface area contributed by atoms with Crippen molar-refractivity contribution in [3.8, 4) is 17.2 Å². The van der Waals surface area contributed by atoms with Gasteiger partial charge in [0.25, 0.3) is 0 Å². The van der Waals surface area contributed by atoms with E-state index in [4.69, 9.17) is 10.4 Å². The third-order valence-corrected chi connectivity index (χ3v) is 3.76. The van der Waals surface area contributed by atoms with Crippen LogP contribution in [0.15, 0.2) is 42.7 Å². The first kappa shape index (κ1) is 17.0. The van der Waals surface area contributed by atoms with E-state index in [1.165, 1.54) is 0 Å². The van der Waals surface area contributed by atoms with Crippen molar-refractivity contribution in [2.75, 3.05) is 11.9 Å². The minimum atomic E-state index is -1.16. The molecule has 0 atom stereocenters. The highest BCUT2D eigenvalue weighted by Crippen LogP contribution is 2.26.